The lowest BCUT2D eigenvalue weighted by Gasteiger charge is -2.15. The number of hydrogen-bond donors (Lipinski definition) is 2. The fourth-order valence-electron chi connectivity index (χ4n) is 2.79. The lowest BCUT2D eigenvalue weighted by atomic mass is 10.1. The third-order valence-corrected chi connectivity index (χ3v) is 4.13. The summed E-state index contributed by atoms with van der Waals surface area (Å²) >= 11 is 0. The molecular formula is C18H24N2O4. The molecule has 1 heterocycles. The number of carbonyl (C=O) groups is 3. The Hall–Kier alpha value is -2.37. The molecule has 0 spiro atoms. The van der Waals surface area contributed by atoms with Crippen molar-refractivity contribution < 1.29 is 19.5 Å². The molecular weight excluding hydrogens is 308 g/mol. The Balaban J connectivity index is 1.55. The number of rotatable bonds is 9. The van der Waals surface area contributed by atoms with Gasteiger partial charge in [0, 0.05) is 38.9 Å². The Morgan fingerprint density at radius 2 is 1.58 bits per heavy atom. The van der Waals surface area contributed by atoms with Gasteiger partial charge in [-0.1, -0.05) is 24.3 Å². The van der Waals surface area contributed by atoms with Gasteiger partial charge in [-0.2, -0.15) is 0 Å². The van der Waals surface area contributed by atoms with E-state index in [9.17, 15) is 14.4 Å². The number of fused-ring (bicyclic) bond motifs is 1. The zero-order chi connectivity index (χ0) is 17.4. The summed E-state index contributed by atoms with van der Waals surface area (Å²) in [6.07, 6.45) is 2.56. The van der Waals surface area contributed by atoms with E-state index in [0.29, 0.717) is 51.7 Å². The minimum Gasteiger partial charge on any atom is -0.481 e. The number of carboxylic acid groups (broad SMARTS) is 1. The van der Waals surface area contributed by atoms with Crippen LogP contribution in [-0.4, -0.2) is 34.3 Å². The Labute approximate surface area is 141 Å². The summed E-state index contributed by atoms with van der Waals surface area (Å²) in [5.41, 5.74) is 2.42. The topological polar surface area (TPSA) is 86.7 Å². The first-order chi connectivity index (χ1) is 11.6. The maximum Gasteiger partial charge on any atom is 0.303 e. The summed E-state index contributed by atoms with van der Waals surface area (Å²) in [5.74, 6) is -0.804. The predicted molar refractivity (Wildman–Crippen MR) is 89.0 cm³/mol. The van der Waals surface area contributed by atoms with Gasteiger partial charge in [0.1, 0.15) is 0 Å². The third kappa shape index (κ3) is 5.68. The van der Waals surface area contributed by atoms with Crippen LogP contribution in [0.2, 0.25) is 0 Å². The zero-order valence-electron chi connectivity index (χ0n) is 13.8. The molecule has 6 heteroatoms. The molecule has 1 aliphatic rings. The fourth-order valence-corrected chi connectivity index (χ4v) is 2.79. The molecule has 0 atom stereocenters. The van der Waals surface area contributed by atoms with Gasteiger partial charge in [0.25, 0.3) is 0 Å². The van der Waals surface area contributed by atoms with Crippen molar-refractivity contribution in [1.82, 2.24) is 10.2 Å². The summed E-state index contributed by atoms with van der Waals surface area (Å²) in [5, 5.41) is 11.3. The summed E-state index contributed by atoms with van der Waals surface area (Å²) in [6, 6.07) is 8.07. The third-order valence-electron chi connectivity index (χ3n) is 4.13. The standard InChI is InChI=1S/C18H24N2O4/c21-16(8-3-4-10-18(23)24)19-11-5-9-17(22)20-12-14-6-1-2-7-15(14)13-20/h1-2,6-7H,3-5,8-13H2,(H,19,21)(H,23,24). The molecule has 6 nitrogen and oxygen atoms in total. The molecule has 0 saturated heterocycles. The molecule has 1 aromatic carbocycles. The summed E-state index contributed by atoms with van der Waals surface area (Å²) in [6.45, 7) is 1.82. The molecule has 1 aromatic rings. The van der Waals surface area contributed by atoms with Gasteiger partial charge in [-0.25, -0.2) is 0 Å². The SMILES string of the molecule is O=C(O)CCCCC(=O)NCCCC(=O)N1Cc2ccccc2C1. The molecule has 0 aromatic heterocycles. The van der Waals surface area contributed by atoms with Gasteiger partial charge in [0.15, 0.2) is 0 Å². The lowest BCUT2D eigenvalue weighted by Crippen LogP contribution is -2.28. The normalized spacial score (nSPS) is 12.8. The number of benzene rings is 1. The number of unbranched alkanes of at least 4 members (excludes halogenated alkanes) is 1. The van der Waals surface area contributed by atoms with Gasteiger partial charge >= 0.3 is 5.97 Å². The zero-order valence-corrected chi connectivity index (χ0v) is 13.8. The highest BCUT2D eigenvalue weighted by molar-refractivity contribution is 5.77. The molecule has 24 heavy (non-hydrogen) atoms. The van der Waals surface area contributed by atoms with Crippen molar-refractivity contribution in [3.63, 3.8) is 0 Å². The first kappa shape index (κ1) is 18.0. The quantitative estimate of drug-likeness (QED) is 0.678. The molecule has 0 radical (unpaired) electrons. The van der Waals surface area contributed by atoms with Crippen molar-refractivity contribution >= 4 is 17.8 Å². The Morgan fingerprint density at radius 3 is 2.21 bits per heavy atom. The van der Waals surface area contributed by atoms with Crippen molar-refractivity contribution in [2.45, 2.75) is 51.6 Å². The highest BCUT2D eigenvalue weighted by Crippen LogP contribution is 2.22. The lowest BCUT2D eigenvalue weighted by molar-refractivity contribution is -0.137. The molecule has 1 aliphatic heterocycles. The van der Waals surface area contributed by atoms with Crippen molar-refractivity contribution in [1.29, 1.82) is 0 Å². The first-order valence-electron chi connectivity index (χ1n) is 8.39. The van der Waals surface area contributed by atoms with Crippen LogP contribution in [0.1, 0.15) is 49.7 Å². The van der Waals surface area contributed by atoms with E-state index in [4.69, 9.17) is 5.11 Å². The molecule has 2 amide bonds. The maximum absolute atomic E-state index is 12.2. The maximum atomic E-state index is 12.2. The van der Waals surface area contributed by atoms with Crippen LogP contribution in [0.3, 0.4) is 0 Å². The van der Waals surface area contributed by atoms with Crippen molar-refractivity contribution in [2.24, 2.45) is 0 Å². The van der Waals surface area contributed by atoms with Crippen LogP contribution in [0.25, 0.3) is 0 Å². The van der Waals surface area contributed by atoms with Gasteiger partial charge < -0.3 is 15.3 Å². The second-order valence-corrected chi connectivity index (χ2v) is 6.07. The summed E-state index contributed by atoms with van der Waals surface area (Å²) in [4.78, 5) is 36.0. The van der Waals surface area contributed by atoms with Gasteiger partial charge in [-0.15, -0.1) is 0 Å². The van der Waals surface area contributed by atoms with E-state index in [-0.39, 0.29) is 18.2 Å². The number of hydrogen-bond acceptors (Lipinski definition) is 3. The Kier molecular flexibility index (Phi) is 6.78. The van der Waals surface area contributed by atoms with Crippen LogP contribution in [0, 0.1) is 0 Å². The molecule has 0 fully saturated rings. The van der Waals surface area contributed by atoms with Gasteiger partial charge in [-0.05, 0) is 30.4 Å². The van der Waals surface area contributed by atoms with E-state index >= 15 is 0 Å². The number of carbonyl (C=O) groups excluding carboxylic acids is 2. The molecule has 0 aliphatic carbocycles. The van der Waals surface area contributed by atoms with Crippen LogP contribution < -0.4 is 5.32 Å². The van der Waals surface area contributed by atoms with Crippen molar-refractivity contribution in [3.05, 3.63) is 35.4 Å². The molecule has 130 valence electrons. The fraction of sp³-hybridized carbons (Fsp3) is 0.500. The highest BCUT2D eigenvalue weighted by Gasteiger charge is 2.22. The number of nitrogens with one attached hydrogen (secondary N) is 1. The number of nitrogens with zero attached hydrogens (tertiary/aromatic N) is 1. The average Bonchev–Trinajstić information content (AvgIpc) is 2.99. The van der Waals surface area contributed by atoms with Gasteiger partial charge in [-0.3, -0.25) is 14.4 Å². The van der Waals surface area contributed by atoms with Crippen molar-refractivity contribution in [2.75, 3.05) is 6.54 Å². The smallest absolute Gasteiger partial charge is 0.303 e. The van der Waals surface area contributed by atoms with Crippen LogP contribution >= 0.6 is 0 Å². The Morgan fingerprint density at radius 1 is 0.958 bits per heavy atom. The largest absolute Gasteiger partial charge is 0.481 e. The van der Waals surface area contributed by atoms with Crippen LogP contribution in [-0.2, 0) is 27.5 Å². The van der Waals surface area contributed by atoms with E-state index < -0.39 is 5.97 Å². The van der Waals surface area contributed by atoms with Crippen molar-refractivity contribution in [3.8, 4) is 0 Å². The van der Waals surface area contributed by atoms with E-state index in [1.54, 1.807) is 0 Å². The van der Waals surface area contributed by atoms with Gasteiger partial charge in [0.05, 0.1) is 0 Å². The van der Waals surface area contributed by atoms with Crippen LogP contribution in [0.15, 0.2) is 24.3 Å². The first-order valence-corrected chi connectivity index (χ1v) is 8.39. The second-order valence-electron chi connectivity index (χ2n) is 6.07. The molecule has 2 N–H and O–H groups in total. The number of carboxylic acids is 1. The number of aliphatic carboxylic acids is 1. The van der Waals surface area contributed by atoms with E-state index in [1.807, 2.05) is 29.2 Å². The Bertz CT molecular complexity index is 575. The summed E-state index contributed by atoms with van der Waals surface area (Å²) < 4.78 is 0. The molecule has 0 unspecified atom stereocenters. The minimum atomic E-state index is -0.835. The average molecular weight is 332 g/mol. The highest BCUT2D eigenvalue weighted by atomic mass is 16.4. The molecule has 0 saturated carbocycles. The second kappa shape index (κ2) is 9.05. The monoisotopic (exact) mass is 332 g/mol. The summed E-state index contributed by atoms with van der Waals surface area (Å²) in [7, 11) is 0. The van der Waals surface area contributed by atoms with E-state index in [0.717, 1.165) is 0 Å². The molecule has 0 bridgehead atoms. The van der Waals surface area contributed by atoms with Crippen LogP contribution in [0.5, 0.6) is 0 Å². The number of amides is 2. The molecule has 2 rings (SSSR count). The minimum absolute atomic E-state index is 0.0820. The van der Waals surface area contributed by atoms with E-state index in [2.05, 4.69) is 5.32 Å². The van der Waals surface area contributed by atoms with Crippen LogP contribution in [0.4, 0.5) is 0 Å². The van der Waals surface area contributed by atoms with E-state index in [1.165, 1.54) is 11.1 Å². The predicted octanol–water partition coefficient (Wildman–Crippen LogP) is 2.07. The van der Waals surface area contributed by atoms with Gasteiger partial charge in [0.2, 0.25) is 11.8 Å².